The molecule has 22 heavy (non-hydrogen) atoms. The normalized spacial score (nSPS) is 23.0. The molecule has 1 atom stereocenters. The van der Waals surface area contributed by atoms with Gasteiger partial charge in [-0.1, -0.05) is 0 Å². The number of benzene rings is 1. The Labute approximate surface area is 128 Å². The molecule has 6 heteroatoms. The minimum Gasteiger partial charge on any atom is -0.378 e. The van der Waals surface area contributed by atoms with E-state index in [1.165, 1.54) is 6.07 Å². The van der Waals surface area contributed by atoms with Gasteiger partial charge in [-0.25, -0.2) is 8.78 Å². The summed E-state index contributed by atoms with van der Waals surface area (Å²) in [4.78, 5) is 16.3. The first-order valence-corrected chi connectivity index (χ1v) is 7.66. The van der Waals surface area contributed by atoms with Crippen LogP contribution in [0.5, 0.6) is 0 Å². The van der Waals surface area contributed by atoms with E-state index in [9.17, 15) is 13.6 Å². The Balaban J connectivity index is 1.57. The number of halogens is 2. The summed E-state index contributed by atoms with van der Waals surface area (Å²) in [5, 5.41) is 0. The molecule has 0 aliphatic carbocycles. The number of carbonyl (C=O) groups excluding carboxylic acids is 1. The van der Waals surface area contributed by atoms with Crippen LogP contribution in [0.3, 0.4) is 0 Å². The van der Waals surface area contributed by atoms with E-state index >= 15 is 0 Å². The van der Waals surface area contributed by atoms with E-state index in [0.29, 0.717) is 45.0 Å². The van der Waals surface area contributed by atoms with E-state index in [1.54, 1.807) is 0 Å². The molecule has 2 fully saturated rings. The van der Waals surface area contributed by atoms with Crippen molar-refractivity contribution in [3.63, 3.8) is 0 Å². The molecular weight excluding hydrogens is 290 g/mol. The Morgan fingerprint density at radius 1 is 1.23 bits per heavy atom. The Bertz CT molecular complexity index is 547. The highest BCUT2D eigenvalue weighted by molar-refractivity contribution is 5.79. The molecule has 2 aliphatic rings. The maximum absolute atomic E-state index is 13.7. The zero-order chi connectivity index (χ0) is 15.5. The van der Waals surface area contributed by atoms with E-state index in [1.807, 2.05) is 9.80 Å². The molecule has 2 heterocycles. The Morgan fingerprint density at radius 3 is 2.77 bits per heavy atom. The van der Waals surface area contributed by atoms with E-state index in [0.717, 1.165) is 25.1 Å². The van der Waals surface area contributed by atoms with Crippen molar-refractivity contribution in [1.29, 1.82) is 0 Å². The molecule has 4 nitrogen and oxygen atoms in total. The number of amides is 1. The minimum absolute atomic E-state index is 0.0466. The molecule has 0 N–H and O–H groups in total. The Kier molecular flexibility index (Phi) is 4.69. The number of hydrogen-bond acceptors (Lipinski definition) is 3. The third-order valence-corrected chi connectivity index (χ3v) is 4.35. The lowest BCUT2D eigenvalue weighted by atomic mass is 10.1. The smallest absolute Gasteiger partial charge is 0.227 e. The zero-order valence-electron chi connectivity index (χ0n) is 12.4. The molecule has 1 unspecified atom stereocenters. The first kappa shape index (κ1) is 15.4. The van der Waals surface area contributed by atoms with Crippen molar-refractivity contribution in [2.24, 2.45) is 5.92 Å². The number of ether oxygens (including phenoxy) is 1. The van der Waals surface area contributed by atoms with Crippen LogP contribution in [0, 0.1) is 17.6 Å². The number of carbonyl (C=O) groups is 1. The second-order valence-electron chi connectivity index (χ2n) is 5.89. The zero-order valence-corrected chi connectivity index (χ0v) is 12.4. The van der Waals surface area contributed by atoms with Gasteiger partial charge in [0.05, 0.1) is 19.1 Å². The summed E-state index contributed by atoms with van der Waals surface area (Å²) >= 11 is 0. The summed E-state index contributed by atoms with van der Waals surface area (Å²) in [7, 11) is 0. The quantitative estimate of drug-likeness (QED) is 0.851. The Morgan fingerprint density at radius 2 is 2.00 bits per heavy atom. The summed E-state index contributed by atoms with van der Waals surface area (Å²) in [6.45, 7) is 4.16. The van der Waals surface area contributed by atoms with Crippen LogP contribution in [0.15, 0.2) is 18.2 Å². The second kappa shape index (κ2) is 6.71. The molecule has 1 aromatic rings. The molecule has 3 rings (SSSR count). The first-order chi connectivity index (χ1) is 10.6. The van der Waals surface area contributed by atoms with Crippen LogP contribution in [0.1, 0.15) is 12.0 Å². The summed E-state index contributed by atoms with van der Waals surface area (Å²) in [6, 6.07) is 3.50. The molecule has 0 radical (unpaired) electrons. The number of rotatable bonds is 3. The van der Waals surface area contributed by atoms with Crippen LogP contribution < -0.4 is 0 Å². The van der Waals surface area contributed by atoms with E-state index in [-0.39, 0.29) is 11.8 Å². The maximum Gasteiger partial charge on any atom is 0.227 e. The molecule has 2 aliphatic heterocycles. The minimum atomic E-state index is -0.434. The van der Waals surface area contributed by atoms with Gasteiger partial charge in [0.2, 0.25) is 5.91 Å². The molecule has 1 aromatic carbocycles. The van der Waals surface area contributed by atoms with E-state index in [4.69, 9.17) is 4.74 Å². The second-order valence-corrected chi connectivity index (χ2v) is 5.89. The van der Waals surface area contributed by atoms with Gasteiger partial charge in [0.1, 0.15) is 11.6 Å². The van der Waals surface area contributed by atoms with Gasteiger partial charge in [-0.2, -0.15) is 0 Å². The van der Waals surface area contributed by atoms with Gasteiger partial charge in [-0.05, 0) is 31.2 Å². The predicted octanol–water partition coefficient (Wildman–Crippen LogP) is 1.65. The highest BCUT2D eigenvalue weighted by Gasteiger charge is 2.32. The van der Waals surface area contributed by atoms with Crippen molar-refractivity contribution in [2.75, 3.05) is 39.4 Å². The lowest BCUT2D eigenvalue weighted by molar-refractivity contribution is -0.139. The number of hydrogen-bond donors (Lipinski definition) is 0. The van der Waals surface area contributed by atoms with Crippen molar-refractivity contribution in [3.05, 3.63) is 35.4 Å². The lowest BCUT2D eigenvalue weighted by Crippen LogP contribution is -2.44. The van der Waals surface area contributed by atoms with Crippen molar-refractivity contribution >= 4 is 5.91 Å². The standard InChI is InChI=1S/C16H20F2N2O2/c17-14-1-2-15(18)13(9-14)11-19-4-3-12(10-19)16(21)20-5-7-22-8-6-20/h1-2,9,12H,3-8,10-11H2. The van der Waals surface area contributed by atoms with Crippen LogP contribution in [0.4, 0.5) is 8.78 Å². The summed E-state index contributed by atoms with van der Waals surface area (Å²) < 4.78 is 32.2. The topological polar surface area (TPSA) is 32.8 Å². The van der Waals surface area contributed by atoms with Crippen LogP contribution in [0.25, 0.3) is 0 Å². The summed E-state index contributed by atoms with van der Waals surface area (Å²) in [6.07, 6.45) is 0.771. The molecule has 0 spiro atoms. The van der Waals surface area contributed by atoms with Crippen molar-refractivity contribution in [1.82, 2.24) is 9.80 Å². The molecule has 0 saturated carbocycles. The fourth-order valence-corrected chi connectivity index (χ4v) is 3.13. The molecule has 0 bridgehead atoms. The van der Waals surface area contributed by atoms with Crippen LogP contribution in [-0.2, 0) is 16.1 Å². The third-order valence-electron chi connectivity index (χ3n) is 4.35. The van der Waals surface area contributed by atoms with Gasteiger partial charge in [-0.15, -0.1) is 0 Å². The van der Waals surface area contributed by atoms with Gasteiger partial charge in [0, 0.05) is 31.7 Å². The van der Waals surface area contributed by atoms with E-state index in [2.05, 4.69) is 0 Å². The van der Waals surface area contributed by atoms with Crippen LogP contribution in [0.2, 0.25) is 0 Å². The highest BCUT2D eigenvalue weighted by Crippen LogP contribution is 2.22. The predicted molar refractivity (Wildman–Crippen MR) is 77.1 cm³/mol. The fraction of sp³-hybridized carbons (Fsp3) is 0.562. The molecule has 120 valence electrons. The van der Waals surface area contributed by atoms with E-state index < -0.39 is 11.6 Å². The van der Waals surface area contributed by atoms with Gasteiger partial charge in [0.25, 0.3) is 0 Å². The van der Waals surface area contributed by atoms with Gasteiger partial charge >= 0.3 is 0 Å². The summed E-state index contributed by atoms with van der Waals surface area (Å²) in [5.41, 5.74) is 0.347. The van der Waals surface area contributed by atoms with Gasteiger partial charge in [0.15, 0.2) is 0 Å². The summed E-state index contributed by atoms with van der Waals surface area (Å²) in [5.74, 6) is -0.721. The molecule has 1 amide bonds. The number of nitrogens with zero attached hydrogens (tertiary/aromatic N) is 2. The SMILES string of the molecule is O=C(C1CCN(Cc2cc(F)ccc2F)C1)N1CCOCC1. The highest BCUT2D eigenvalue weighted by atomic mass is 19.1. The Hall–Kier alpha value is -1.53. The molecular formula is C16H20F2N2O2. The van der Waals surface area contributed by atoms with Gasteiger partial charge in [-0.3, -0.25) is 9.69 Å². The molecule has 0 aromatic heterocycles. The van der Waals surface area contributed by atoms with Crippen LogP contribution >= 0.6 is 0 Å². The maximum atomic E-state index is 13.7. The third kappa shape index (κ3) is 3.44. The lowest BCUT2D eigenvalue weighted by Gasteiger charge is -2.29. The fourth-order valence-electron chi connectivity index (χ4n) is 3.13. The van der Waals surface area contributed by atoms with Crippen molar-refractivity contribution in [2.45, 2.75) is 13.0 Å². The largest absolute Gasteiger partial charge is 0.378 e. The number of morpholine rings is 1. The first-order valence-electron chi connectivity index (χ1n) is 7.66. The van der Waals surface area contributed by atoms with Gasteiger partial charge < -0.3 is 9.64 Å². The average Bonchev–Trinajstić information content (AvgIpc) is 2.99. The van der Waals surface area contributed by atoms with Crippen LogP contribution in [-0.4, -0.2) is 55.1 Å². The number of likely N-dealkylation sites (tertiary alicyclic amines) is 1. The average molecular weight is 310 g/mol. The van der Waals surface area contributed by atoms with Crippen molar-refractivity contribution < 1.29 is 18.3 Å². The monoisotopic (exact) mass is 310 g/mol. The molecule has 2 saturated heterocycles. The van der Waals surface area contributed by atoms with Crippen molar-refractivity contribution in [3.8, 4) is 0 Å².